The first-order chi connectivity index (χ1) is 9.96. The summed E-state index contributed by atoms with van der Waals surface area (Å²) in [5, 5.41) is 0. The molecule has 6 nitrogen and oxygen atoms in total. The molecule has 1 aromatic heterocycles. The van der Waals surface area contributed by atoms with Crippen molar-refractivity contribution in [3.05, 3.63) is 47.8 Å². The molecule has 0 atom stereocenters. The molecular weight excluding hydrogens is 290 g/mol. The Hall–Kier alpha value is -1.83. The summed E-state index contributed by atoms with van der Waals surface area (Å²) in [6.45, 7) is 0.716. The third-order valence-corrected chi connectivity index (χ3v) is 4.44. The third-order valence-electron chi connectivity index (χ3n) is 3.09. The summed E-state index contributed by atoms with van der Waals surface area (Å²) in [6.07, 6.45) is 1.55. The number of hydrogen-bond acceptors (Lipinski definition) is 4. The first-order valence-corrected chi connectivity index (χ1v) is 7.90. The average Bonchev–Trinajstić information content (AvgIpc) is 2.81. The van der Waals surface area contributed by atoms with E-state index in [9.17, 15) is 8.42 Å². The molecule has 0 saturated heterocycles. The summed E-state index contributed by atoms with van der Waals surface area (Å²) in [4.78, 5) is 0.197. The van der Waals surface area contributed by atoms with Crippen molar-refractivity contribution in [1.82, 2.24) is 4.57 Å². The van der Waals surface area contributed by atoms with Crippen LogP contribution in [0.1, 0.15) is 11.3 Å². The molecule has 3 N–H and O–H groups in total. The molecule has 114 valence electrons. The molecule has 7 heteroatoms. The highest BCUT2D eigenvalue weighted by atomic mass is 32.2. The molecule has 21 heavy (non-hydrogen) atoms. The summed E-state index contributed by atoms with van der Waals surface area (Å²) in [7, 11) is -0.267. The summed E-state index contributed by atoms with van der Waals surface area (Å²) < 4.78 is 34.0. The highest BCUT2D eigenvalue weighted by Crippen LogP contribution is 2.19. The minimum absolute atomic E-state index is 0.197. The second kappa shape index (κ2) is 6.30. The van der Waals surface area contributed by atoms with Crippen molar-refractivity contribution in [3.63, 3.8) is 0 Å². The van der Waals surface area contributed by atoms with Crippen LogP contribution < -0.4 is 10.5 Å². The van der Waals surface area contributed by atoms with Gasteiger partial charge in [0.15, 0.2) is 0 Å². The van der Waals surface area contributed by atoms with Crippen LogP contribution in [0.15, 0.2) is 41.4 Å². The minimum atomic E-state index is -3.62. The summed E-state index contributed by atoms with van der Waals surface area (Å²) in [5.41, 5.74) is 7.72. The number of anilines is 1. The van der Waals surface area contributed by atoms with Gasteiger partial charge in [-0.15, -0.1) is 0 Å². The molecule has 0 spiro atoms. The van der Waals surface area contributed by atoms with Crippen molar-refractivity contribution in [2.75, 3.05) is 11.8 Å². The van der Waals surface area contributed by atoms with E-state index in [0.29, 0.717) is 12.3 Å². The fourth-order valence-corrected chi connectivity index (χ4v) is 3.18. The van der Waals surface area contributed by atoms with Gasteiger partial charge in [0.05, 0.1) is 6.61 Å². The number of ether oxygens (including phenoxy) is 1. The van der Waals surface area contributed by atoms with E-state index in [-0.39, 0.29) is 11.4 Å². The molecule has 0 aliphatic heterocycles. The fraction of sp³-hybridized carbons (Fsp3) is 0.286. The zero-order valence-corrected chi connectivity index (χ0v) is 12.9. The lowest BCUT2D eigenvalue weighted by atomic mass is 10.2. The first-order valence-electron chi connectivity index (χ1n) is 6.42. The van der Waals surface area contributed by atoms with Crippen LogP contribution in [-0.2, 0) is 35.0 Å². The van der Waals surface area contributed by atoms with E-state index in [1.807, 2.05) is 6.07 Å². The van der Waals surface area contributed by atoms with Crippen molar-refractivity contribution in [3.8, 4) is 0 Å². The predicted octanol–water partition coefficient (Wildman–Crippen LogP) is 1.43. The SMILES string of the molecule is COCc1cccc(NS(=O)(=O)c2cc(CN)n(C)c2)c1. The van der Waals surface area contributed by atoms with Crippen molar-refractivity contribution in [2.45, 2.75) is 18.0 Å². The maximum Gasteiger partial charge on any atom is 0.263 e. The van der Waals surface area contributed by atoms with Crippen LogP contribution in [0.4, 0.5) is 5.69 Å². The van der Waals surface area contributed by atoms with Crippen molar-refractivity contribution in [1.29, 1.82) is 0 Å². The van der Waals surface area contributed by atoms with Gasteiger partial charge < -0.3 is 15.0 Å². The van der Waals surface area contributed by atoms with E-state index in [0.717, 1.165) is 11.3 Å². The molecule has 0 aliphatic rings. The molecule has 0 amide bonds. The van der Waals surface area contributed by atoms with Crippen molar-refractivity contribution < 1.29 is 13.2 Å². The number of hydrogen-bond donors (Lipinski definition) is 2. The van der Waals surface area contributed by atoms with Crippen LogP contribution in [0.3, 0.4) is 0 Å². The summed E-state index contributed by atoms with van der Waals surface area (Å²) in [6, 6.07) is 8.66. The van der Waals surface area contributed by atoms with Gasteiger partial charge in [-0.3, -0.25) is 4.72 Å². The number of methoxy groups -OCH3 is 1. The lowest BCUT2D eigenvalue weighted by Crippen LogP contribution is -2.12. The minimum Gasteiger partial charge on any atom is -0.380 e. The Balaban J connectivity index is 2.26. The van der Waals surface area contributed by atoms with Crippen molar-refractivity contribution >= 4 is 15.7 Å². The Bertz CT molecular complexity index is 723. The smallest absolute Gasteiger partial charge is 0.263 e. The van der Waals surface area contributed by atoms with Gasteiger partial charge in [0.2, 0.25) is 0 Å². The van der Waals surface area contributed by atoms with Gasteiger partial charge in [-0.1, -0.05) is 12.1 Å². The van der Waals surface area contributed by atoms with Gasteiger partial charge in [-0.05, 0) is 23.8 Å². The Labute approximate surface area is 124 Å². The van der Waals surface area contributed by atoms with Gasteiger partial charge in [0.25, 0.3) is 10.0 Å². The van der Waals surface area contributed by atoms with Crippen LogP contribution in [0.25, 0.3) is 0 Å². The molecule has 2 rings (SSSR count). The van der Waals surface area contributed by atoms with Gasteiger partial charge in [-0.2, -0.15) is 0 Å². The monoisotopic (exact) mass is 309 g/mol. The highest BCUT2D eigenvalue weighted by molar-refractivity contribution is 7.92. The zero-order chi connectivity index (χ0) is 15.5. The van der Waals surface area contributed by atoms with Crippen LogP contribution in [-0.4, -0.2) is 20.1 Å². The predicted molar refractivity (Wildman–Crippen MR) is 81.3 cm³/mol. The quantitative estimate of drug-likeness (QED) is 0.845. The molecule has 2 aromatic rings. The van der Waals surface area contributed by atoms with Crippen LogP contribution in [0, 0.1) is 0 Å². The molecule has 1 heterocycles. The lowest BCUT2D eigenvalue weighted by molar-refractivity contribution is 0.185. The Morgan fingerprint density at radius 3 is 2.71 bits per heavy atom. The summed E-state index contributed by atoms with van der Waals surface area (Å²) in [5.74, 6) is 0. The highest BCUT2D eigenvalue weighted by Gasteiger charge is 2.17. The molecule has 0 fully saturated rings. The fourth-order valence-electron chi connectivity index (χ4n) is 2.03. The Morgan fingerprint density at radius 1 is 1.33 bits per heavy atom. The largest absolute Gasteiger partial charge is 0.380 e. The molecule has 0 unspecified atom stereocenters. The molecule has 1 aromatic carbocycles. The van der Waals surface area contributed by atoms with E-state index in [2.05, 4.69) is 4.72 Å². The van der Waals surface area contributed by atoms with Gasteiger partial charge in [-0.25, -0.2) is 8.42 Å². The number of aromatic nitrogens is 1. The molecule has 0 aliphatic carbocycles. The molecular formula is C14H19N3O3S. The Morgan fingerprint density at radius 2 is 2.10 bits per heavy atom. The number of rotatable bonds is 6. The summed E-state index contributed by atoms with van der Waals surface area (Å²) >= 11 is 0. The van der Waals surface area contributed by atoms with Gasteiger partial charge in [0, 0.05) is 38.3 Å². The Kier molecular flexibility index (Phi) is 4.66. The second-order valence-electron chi connectivity index (χ2n) is 4.72. The van der Waals surface area contributed by atoms with E-state index >= 15 is 0 Å². The van der Waals surface area contributed by atoms with Gasteiger partial charge >= 0.3 is 0 Å². The molecule has 0 bridgehead atoms. The van der Waals surface area contributed by atoms with Crippen LogP contribution in [0.2, 0.25) is 0 Å². The normalized spacial score (nSPS) is 11.6. The topological polar surface area (TPSA) is 86.3 Å². The lowest BCUT2D eigenvalue weighted by Gasteiger charge is -2.08. The van der Waals surface area contributed by atoms with Crippen LogP contribution >= 0.6 is 0 Å². The van der Waals surface area contributed by atoms with Crippen LogP contribution in [0.5, 0.6) is 0 Å². The first kappa shape index (κ1) is 15.6. The van der Waals surface area contributed by atoms with E-state index in [4.69, 9.17) is 10.5 Å². The van der Waals surface area contributed by atoms with E-state index in [1.54, 1.807) is 49.2 Å². The number of nitrogens with two attached hydrogens (primary N) is 1. The van der Waals surface area contributed by atoms with E-state index in [1.165, 1.54) is 0 Å². The number of sulfonamides is 1. The zero-order valence-electron chi connectivity index (χ0n) is 12.0. The number of aryl methyl sites for hydroxylation is 1. The molecule has 0 saturated carbocycles. The average molecular weight is 309 g/mol. The number of benzene rings is 1. The number of nitrogens with zero attached hydrogens (tertiary/aromatic N) is 1. The molecule has 0 radical (unpaired) electrons. The van der Waals surface area contributed by atoms with E-state index < -0.39 is 10.0 Å². The second-order valence-corrected chi connectivity index (χ2v) is 6.40. The number of nitrogens with one attached hydrogen (secondary N) is 1. The third kappa shape index (κ3) is 3.63. The van der Waals surface area contributed by atoms with Crippen molar-refractivity contribution in [2.24, 2.45) is 12.8 Å². The standard InChI is InChI=1S/C14H19N3O3S/c1-17-9-14(7-13(17)8-15)21(18,19)16-12-5-3-4-11(6-12)10-20-2/h3-7,9,16H,8,10,15H2,1-2H3. The maximum absolute atomic E-state index is 12.4. The maximum atomic E-state index is 12.4. The van der Waals surface area contributed by atoms with Gasteiger partial charge in [0.1, 0.15) is 4.90 Å².